The molecule has 0 saturated carbocycles. The molecule has 1 aromatic rings. The fourth-order valence-corrected chi connectivity index (χ4v) is 2.89. The van der Waals surface area contributed by atoms with Gasteiger partial charge in [-0.15, -0.1) is 0 Å². The van der Waals surface area contributed by atoms with Crippen LogP contribution in [0.3, 0.4) is 0 Å². The Morgan fingerprint density at radius 2 is 2.11 bits per heavy atom. The number of sulfonamides is 1. The summed E-state index contributed by atoms with van der Waals surface area (Å²) in [5, 5.41) is 0. The molecule has 0 aliphatic heterocycles. The third kappa shape index (κ3) is 3.68. The van der Waals surface area contributed by atoms with E-state index >= 15 is 0 Å². The van der Waals surface area contributed by atoms with Crippen molar-refractivity contribution in [2.24, 2.45) is 0 Å². The first-order valence-electron chi connectivity index (χ1n) is 5.82. The van der Waals surface area contributed by atoms with E-state index in [1.54, 1.807) is 6.92 Å². The van der Waals surface area contributed by atoms with Crippen LogP contribution in [0.5, 0.6) is 0 Å². The predicted molar refractivity (Wildman–Crippen MR) is 72.3 cm³/mol. The number of benzene rings is 1. The summed E-state index contributed by atoms with van der Waals surface area (Å²) in [7, 11) is -2.43. The first-order valence-corrected chi connectivity index (χ1v) is 7.30. The minimum Gasteiger partial charge on any atom is -0.465 e. The summed E-state index contributed by atoms with van der Waals surface area (Å²) in [5.41, 5.74) is 5.91. The number of nitrogens with one attached hydrogen (secondary N) is 1. The van der Waals surface area contributed by atoms with E-state index in [0.717, 1.165) is 0 Å². The van der Waals surface area contributed by atoms with Gasteiger partial charge >= 0.3 is 5.97 Å². The maximum absolute atomic E-state index is 12.1. The summed E-state index contributed by atoms with van der Waals surface area (Å²) < 4.78 is 31.2. The molecule has 19 heavy (non-hydrogen) atoms. The van der Waals surface area contributed by atoms with Gasteiger partial charge in [-0.25, -0.2) is 17.9 Å². The van der Waals surface area contributed by atoms with Crippen LogP contribution in [0, 0.1) is 0 Å². The quantitative estimate of drug-likeness (QED) is 0.624. The molecular weight excluding hydrogens is 268 g/mol. The number of hydrogen-bond donors (Lipinski definition) is 2. The lowest BCUT2D eigenvalue weighted by Gasteiger charge is -2.14. The van der Waals surface area contributed by atoms with Crippen molar-refractivity contribution in [1.82, 2.24) is 4.72 Å². The average molecular weight is 286 g/mol. The van der Waals surface area contributed by atoms with Gasteiger partial charge in [0, 0.05) is 6.04 Å². The maximum Gasteiger partial charge on any atom is 0.337 e. The molecule has 0 saturated heterocycles. The number of methoxy groups -OCH3 is 1. The largest absolute Gasteiger partial charge is 0.465 e. The van der Waals surface area contributed by atoms with Gasteiger partial charge in [0.25, 0.3) is 0 Å². The SMILES string of the molecule is CCC(C)NS(=O)(=O)c1ccc(C(=O)OC)cc1N. The Morgan fingerprint density at radius 3 is 2.58 bits per heavy atom. The van der Waals surface area contributed by atoms with Crippen molar-refractivity contribution in [3.63, 3.8) is 0 Å². The molecule has 1 rings (SSSR count). The zero-order chi connectivity index (χ0) is 14.6. The van der Waals surface area contributed by atoms with Gasteiger partial charge in [-0.2, -0.15) is 0 Å². The molecule has 6 nitrogen and oxygen atoms in total. The van der Waals surface area contributed by atoms with Crippen LogP contribution in [0.1, 0.15) is 30.6 Å². The standard InChI is InChI=1S/C12H18N2O4S/c1-4-8(2)14-19(16,17)11-6-5-9(7-10(11)13)12(15)18-3/h5-8,14H,4,13H2,1-3H3. The minimum atomic E-state index is -3.68. The molecule has 0 bridgehead atoms. The highest BCUT2D eigenvalue weighted by molar-refractivity contribution is 7.89. The molecular formula is C12H18N2O4S. The minimum absolute atomic E-state index is 0.0127. The molecule has 7 heteroatoms. The van der Waals surface area contributed by atoms with Crippen molar-refractivity contribution in [3.8, 4) is 0 Å². The summed E-state index contributed by atoms with van der Waals surface area (Å²) >= 11 is 0. The van der Waals surface area contributed by atoms with Crippen LogP contribution >= 0.6 is 0 Å². The normalized spacial score (nSPS) is 13.0. The Hall–Kier alpha value is -1.60. The highest BCUT2D eigenvalue weighted by Gasteiger charge is 2.20. The fraction of sp³-hybridized carbons (Fsp3) is 0.417. The molecule has 0 aliphatic rings. The lowest BCUT2D eigenvalue weighted by molar-refractivity contribution is 0.0600. The topological polar surface area (TPSA) is 98.5 Å². The molecule has 0 fully saturated rings. The van der Waals surface area contributed by atoms with Crippen molar-refractivity contribution >= 4 is 21.7 Å². The number of esters is 1. The highest BCUT2D eigenvalue weighted by atomic mass is 32.2. The molecule has 0 aliphatic carbocycles. The lowest BCUT2D eigenvalue weighted by Crippen LogP contribution is -2.32. The van der Waals surface area contributed by atoms with Gasteiger partial charge in [0.05, 0.1) is 18.4 Å². The molecule has 0 heterocycles. The smallest absolute Gasteiger partial charge is 0.337 e. The zero-order valence-corrected chi connectivity index (χ0v) is 12.0. The number of carbonyl (C=O) groups is 1. The predicted octanol–water partition coefficient (Wildman–Crippen LogP) is 1.13. The molecule has 0 amide bonds. The summed E-state index contributed by atoms with van der Waals surface area (Å²) in [5.74, 6) is -0.564. The van der Waals surface area contributed by atoms with Crippen molar-refractivity contribution in [2.45, 2.75) is 31.2 Å². The summed E-state index contributed by atoms with van der Waals surface area (Å²) in [4.78, 5) is 11.3. The molecule has 1 aromatic carbocycles. The second-order valence-electron chi connectivity index (χ2n) is 4.17. The number of ether oxygens (including phenoxy) is 1. The van der Waals surface area contributed by atoms with Gasteiger partial charge in [-0.05, 0) is 31.5 Å². The van der Waals surface area contributed by atoms with E-state index in [9.17, 15) is 13.2 Å². The number of hydrogen-bond acceptors (Lipinski definition) is 5. The molecule has 3 N–H and O–H groups in total. The first kappa shape index (κ1) is 15.5. The number of carbonyl (C=O) groups excluding carboxylic acids is 1. The monoisotopic (exact) mass is 286 g/mol. The molecule has 0 aromatic heterocycles. The highest BCUT2D eigenvalue weighted by Crippen LogP contribution is 2.20. The Balaban J connectivity index is 3.12. The van der Waals surface area contributed by atoms with Gasteiger partial charge < -0.3 is 10.5 Å². The lowest BCUT2D eigenvalue weighted by atomic mass is 10.2. The molecule has 106 valence electrons. The number of rotatable bonds is 5. The molecule has 0 spiro atoms. The fourth-order valence-electron chi connectivity index (χ4n) is 1.45. The van der Waals surface area contributed by atoms with Crippen LogP contribution in [0.25, 0.3) is 0 Å². The second-order valence-corrected chi connectivity index (χ2v) is 5.86. The third-order valence-electron chi connectivity index (χ3n) is 2.69. The summed E-state index contributed by atoms with van der Waals surface area (Å²) in [6.45, 7) is 3.63. The Kier molecular flexibility index (Phi) is 4.90. The van der Waals surface area contributed by atoms with E-state index in [1.807, 2.05) is 6.92 Å². The van der Waals surface area contributed by atoms with E-state index in [4.69, 9.17) is 5.73 Å². The van der Waals surface area contributed by atoms with Gasteiger partial charge in [-0.3, -0.25) is 0 Å². The van der Waals surface area contributed by atoms with Crippen LogP contribution in [0.15, 0.2) is 23.1 Å². The molecule has 1 atom stereocenters. The number of nitrogen functional groups attached to an aromatic ring is 1. The van der Waals surface area contributed by atoms with Crippen LogP contribution in [0.2, 0.25) is 0 Å². The molecule has 0 radical (unpaired) electrons. The van der Waals surface area contributed by atoms with Crippen molar-refractivity contribution in [2.75, 3.05) is 12.8 Å². The van der Waals surface area contributed by atoms with Crippen LogP contribution < -0.4 is 10.5 Å². The van der Waals surface area contributed by atoms with Crippen LogP contribution in [0.4, 0.5) is 5.69 Å². The van der Waals surface area contributed by atoms with Crippen LogP contribution in [-0.2, 0) is 14.8 Å². The third-order valence-corrected chi connectivity index (χ3v) is 4.35. The van der Waals surface area contributed by atoms with Crippen LogP contribution in [-0.4, -0.2) is 27.5 Å². The van der Waals surface area contributed by atoms with Gasteiger partial charge in [0.1, 0.15) is 4.90 Å². The van der Waals surface area contributed by atoms with Gasteiger partial charge in [0.2, 0.25) is 10.0 Å². The van der Waals surface area contributed by atoms with Crippen molar-refractivity contribution in [3.05, 3.63) is 23.8 Å². The van der Waals surface area contributed by atoms with E-state index in [1.165, 1.54) is 25.3 Å². The number of anilines is 1. The molecule has 1 unspecified atom stereocenters. The Bertz CT molecular complexity index is 569. The Morgan fingerprint density at radius 1 is 1.47 bits per heavy atom. The maximum atomic E-state index is 12.1. The summed E-state index contributed by atoms with van der Waals surface area (Å²) in [6, 6.07) is 3.76. The summed E-state index contributed by atoms with van der Waals surface area (Å²) in [6.07, 6.45) is 0.666. The van der Waals surface area contributed by atoms with E-state index in [2.05, 4.69) is 9.46 Å². The van der Waals surface area contributed by atoms with Crippen molar-refractivity contribution < 1.29 is 17.9 Å². The van der Waals surface area contributed by atoms with E-state index in [-0.39, 0.29) is 22.2 Å². The van der Waals surface area contributed by atoms with Gasteiger partial charge in [-0.1, -0.05) is 6.92 Å². The van der Waals surface area contributed by atoms with E-state index < -0.39 is 16.0 Å². The van der Waals surface area contributed by atoms with Gasteiger partial charge in [0.15, 0.2) is 0 Å². The first-order chi connectivity index (χ1) is 8.81. The second kappa shape index (κ2) is 6.03. The number of nitrogens with two attached hydrogens (primary N) is 1. The van der Waals surface area contributed by atoms with Crippen molar-refractivity contribution in [1.29, 1.82) is 0 Å². The Labute approximate surface area is 113 Å². The average Bonchev–Trinajstić information content (AvgIpc) is 2.36. The van der Waals surface area contributed by atoms with E-state index in [0.29, 0.717) is 6.42 Å². The zero-order valence-electron chi connectivity index (χ0n) is 11.1.